The molecule has 0 aromatic heterocycles. The lowest BCUT2D eigenvalue weighted by molar-refractivity contribution is -0.167. The van der Waals surface area contributed by atoms with E-state index in [1.54, 1.807) is 0 Å². The van der Waals surface area contributed by atoms with E-state index in [2.05, 4.69) is 130 Å². The van der Waals surface area contributed by atoms with Crippen LogP contribution in [0.2, 0.25) is 0 Å². The first-order valence-electron chi connectivity index (χ1n) is 33.9. The molecule has 0 aliphatic carbocycles. The van der Waals surface area contributed by atoms with Crippen LogP contribution in [-0.2, 0) is 28.6 Å². The van der Waals surface area contributed by atoms with Crippen molar-refractivity contribution >= 4 is 17.9 Å². The number of rotatable bonds is 61. The van der Waals surface area contributed by atoms with Crippen LogP contribution in [0.4, 0.5) is 0 Å². The topological polar surface area (TPSA) is 78.9 Å². The molecule has 0 N–H and O–H groups in total. The van der Waals surface area contributed by atoms with Crippen LogP contribution in [0.15, 0.2) is 109 Å². The molecule has 0 rings (SSSR count). The molecular formula is C74H126O6. The number of hydrogen-bond acceptors (Lipinski definition) is 6. The van der Waals surface area contributed by atoms with Crippen LogP contribution in [0.3, 0.4) is 0 Å². The molecule has 0 fully saturated rings. The van der Waals surface area contributed by atoms with E-state index in [9.17, 15) is 14.4 Å². The summed E-state index contributed by atoms with van der Waals surface area (Å²) in [6.45, 7) is 6.41. The average Bonchev–Trinajstić information content (AvgIpc) is 3.46. The van der Waals surface area contributed by atoms with Gasteiger partial charge in [-0.15, -0.1) is 0 Å². The SMILES string of the molecule is CC/C=C\C/C=C\C/C=C\C/C=C\CCCCCCCCCCCCCCC(=O)OCC(COC(=O)CCCCCCC/C=C\CCCCC)OC(=O)CCCCCCCCCCCCCC/C=C\C/C=C\C/C=C\C/C=C\CC. The highest BCUT2D eigenvalue weighted by molar-refractivity contribution is 5.71. The highest BCUT2D eigenvalue weighted by Gasteiger charge is 2.19. The van der Waals surface area contributed by atoms with Crippen molar-refractivity contribution < 1.29 is 28.6 Å². The maximum absolute atomic E-state index is 12.9. The highest BCUT2D eigenvalue weighted by atomic mass is 16.6. The normalized spacial score (nSPS) is 12.8. The second kappa shape index (κ2) is 67.6. The minimum absolute atomic E-state index is 0.0811. The number of hydrogen-bond donors (Lipinski definition) is 0. The van der Waals surface area contributed by atoms with E-state index in [1.807, 2.05) is 0 Å². The van der Waals surface area contributed by atoms with Crippen LogP contribution in [-0.4, -0.2) is 37.2 Å². The average molecular weight is 1110 g/mol. The smallest absolute Gasteiger partial charge is 0.306 e. The van der Waals surface area contributed by atoms with Gasteiger partial charge in [-0.05, 0) is 122 Å². The molecule has 458 valence electrons. The van der Waals surface area contributed by atoms with Crippen LogP contribution in [0, 0.1) is 0 Å². The molecule has 6 nitrogen and oxygen atoms in total. The lowest BCUT2D eigenvalue weighted by atomic mass is 10.0. The monoisotopic (exact) mass is 1110 g/mol. The van der Waals surface area contributed by atoms with Crippen LogP contribution < -0.4 is 0 Å². The van der Waals surface area contributed by atoms with Crippen molar-refractivity contribution in [2.75, 3.05) is 13.2 Å². The minimum Gasteiger partial charge on any atom is -0.462 e. The predicted molar refractivity (Wildman–Crippen MR) is 348 cm³/mol. The zero-order valence-corrected chi connectivity index (χ0v) is 52.6. The molecule has 0 aromatic rings. The number of carbonyl (C=O) groups excluding carboxylic acids is 3. The Hall–Kier alpha value is -3.93. The summed E-state index contributed by atoms with van der Waals surface area (Å²) in [5.74, 6) is -0.883. The molecule has 0 aromatic carbocycles. The van der Waals surface area contributed by atoms with Gasteiger partial charge < -0.3 is 14.2 Å². The van der Waals surface area contributed by atoms with E-state index in [1.165, 1.54) is 167 Å². The van der Waals surface area contributed by atoms with Crippen molar-refractivity contribution in [1.82, 2.24) is 0 Å². The van der Waals surface area contributed by atoms with E-state index in [0.717, 1.165) is 116 Å². The molecule has 0 aliphatic rings. The quantitative estimate of drug-likeness (QED) is 0.0261. The van der Waals surface area contributed by atoms with Gasteiger partial charge in [0.05, 0.1) is 0 Å². The Labute approximate surface area is 495 Å². The predicted octanol–water partition coefficient (Wildman–Crippen LogP) is 23.4. The summed E-state index contributed by atoms with van der Waals surface area (Å²) in [6, 6.07) is 0. The van der Waals surface area contributed by atoms with Crippen molar-refractivity contribution in [3.63, 3.8) is 0 Å². The molecule has 80 heavy (non-hydrogen) atoms. The van der Waals surface area contributed by atoms with Crippen LogP contribution in [0.1, 0.15) is 323 Å². The molecule has 0 spiro atoms. The summed E-state index contributed by atoms with van der Waals surface area (Å²) in [5.41, 5.74) is 0. The van der Waals surface area contributed by atoms with Crippen molar-refractivity contribution in [2.45, 2.75) is 329 Å². The Morgan fingerprint density at radius 3 is 0.775 bits per heavy atom. The molecular weight excluding hydrogens is 985 g/mol. The van der Waals surface area contributed by atoms with E-state index >= 15 is 0 Å². The van der Waals surface area contributed by atoms with Crippen LogP contribution in [0.5, 0.6) is 0 Å². The van der Waals surface area contributed by atoms with Gasteiger partial charge in [0, 0.05) is 19.3 Å². The lowest BCUT2D eigenvalue weighted by Crippen LogP contribution is -2.30. The van der Waals surface area contributed by atoms with Crippen molar-refractivity contribution in [1.29, 1.82) is 0 Å². The van der Waals surface area contributed by atoms with Gasteiger partial charge in [-0.1, -0.05) is 291 Å². The Kier molecular flexibility index (Phi) is 64.3. The van der Waals surface area contributed by atoms with Crippen LogP contribution >= 0.6 is 0 Å². The fourth-order valence-corrected chi connectivity index (χ4v) is 9.48. The number of carbonyl (C=O) groups is 3. The van der Waals surface area contributed by atoms with E-state index in [4.69, 9.17) is 14.2 Å². The largest absolute Gasteiger partial charge is 0.462 e. The molecule has 0 heterocycles. The highest BCUT2D eigenvalue weighted by Crippen LogP contribution is 2.17. The van der Waals surface area contributed by atoms with Crippen molar-refractivity contribution in [3.05, 3.63) is 109 Å². The van der Waals surface area contributed by atoms with E-state index in [0.29, 0.717) is 19.3 Å². The molecule has 0 aliphatic heterocycles. The van der Waals surface area contributed by atoms with Gasteiger partial charge in [0.1, 0.15) is 13.2 Å². The number of ether oxygens (including phenoxy) is 3. The fourth-order valence-electron chi connectivity index (χ4n) is 9.48. The fraction of sp³-hybridized carbons (Fsp3) is 0.716. The minimum atomic E-state index is -0.785. The third kappa shape index (κ3) is 64.9. The Morgan fingerprint density at radius 2 is 0.487 bits per heavy atom. The van der Waals surface area contributed by atoms with Crippen molar-refractivity contribution in [2.24, 2.45) is 0 Å². The van der Waals surface area contributed by atoms with E-state index in [-0.39, 0.29) is 31.1 Å². The van der Waals surface area contributed by atoms with Gasteiger partial charge in [0.2, 0.25) is 0 Å². The van der Waals surface area contributed by atoms with Gasteiger partial charge in [-0.25, -0.2) is 0 Å². The first-order valence-corrected chi connectivity index (χ1v) is 33.9. The number of esters is 3. The van der Waals surface area contributed by atoms with Crippen LogP contribution in [0.25, 0.3) is 0 Å². The molecule has 1 atom stereocenters. The Bertz CT molecular complexity index is 1610. The second-order valence-electron chi connectivity index (χ2n) is 22.3. The molecule has 0 saturated carbocycles. The summed E-state index contributed by atoms with van der Waals surface area (Å²) in [7, 11) is 0. The molecule has 0 amide bonds. The third-order valence-corrected chi connectivity index (χ3v) is 14.5. The summed E-state index contributed by atoms with van der Waals surface area (Å²) < 4.78 is 17.0. The van der Waals surface area contributed by atoms with E-state index < -0.39 is 6.10 Å². The molecule has 0 bridgehead atoms. The maximum atomic E-state index is 12.9. The van der Waals surface area contributed by atoms with Gasteiger partial charge in [-0.2, -0.15) is 0 Å². The molecule has 0 radical (unpaired) electrons. The zero-order valence-electron chi connectivity index (χ0n) is 52.6. The first kappa shape index (κ1) is 76.1. The summed E-state index contributed by atoms with van der Waals surface area (Å²) in [4.78, 5) is 38.4. The van der Waals surface area contributed by atoms with Crippen molar-refractivity contribution in [3.8, 4) is 0 Å². The second-order valence-corrected chi connectivity index (χ2v) is 22.3. The van der Waals surface area contributed by atoms with Gasteiger partial charge >= 0.3 is 17.9 Å². The number of unbranched alkanes of at least 4 members (excludes halogenated alkanes) is 32. The first-order chi connectivity index (χ1) is 39.5. The van der Waals surface area contributed by atoms with Gasteiger partial charge in [0.15, 0.2) is 6.10 Å². The summed E-state index contributed by atoms with van der Waals surface area (Å²) >= 11 is 0. The lowest BCUT2D eigenvalue weighted by Gasteiger charge is -2.18. The Balaban J connectivity index is 4.28. The molecule has 0 saturated heterocycles. The summed E-state index contributed by atoms with van der Waals surface area (Å²) in [5, 5.41) is 0. The zero-order chi connectivity index (χ0) is 57.8. The molecule has 6 heteroatoms. The maximum Gasteiger partial charge on any atom is 0.306 e. The summed E-state index contributed by atoms with van der Waals surface area (Å²) in [6.07, 6.45) is 92.5. The Morgan fingerprint density at radius 1 is 0.263 bits per heavy atom. The number of allylic oxidation sites excluding steroid dienone is 18. The van der Waals surface area contributed by atoms with Gasteiger partial charge in [-0.3, -0.25) is 14.4 Å². The third-order valence-electron chi connectivity index (χ3n) is 14.5. The molecule has 1 unspecified atom stereocenters. The standard InChI is InChI=1S/C74H126O6/c1-4-7-10-13-16-19-22-25-27-29-31-33-35-37-39-41-43-45-47-49-52-55-58-61-64-67-73(76)79-70-71(69-78-72(75)66-63-60-57-54-51-24-21-18-15-12-9-6-3)80-74(77)68-65-62-59-56-53-50-48-46-44-42-40-38-36-34-32-30-28-26-23-20-17-14-11-8-5-2/h7-8,10-11,16-21,25-28,31-34,71H,4-6,9,12-15,22-24,29-30,35-70H2,1-3H3/b10-7-,11-8-,19-16-,20-17-,21-18-,27-25-,28-26-,33-31-,34-32-. The van der Waals surface area contributed by atoms with Gasteiger partial charge in [0.25, 0.3) is 0 Å².